The van der Waals surface area contributed by atoms with E-state index >= 15 is 0 Å². The monoisotopic (exact) mass is 316 g/mol. The molecule has 7 nitrogen and oxygen atoms in total. The summed E-state index contributed by atoms with van der Waals surface area (Å²) in [5.41, 5.74) is 6.88. The SMILES string of the molecule is CC[C@@H](NNC(=O)c1ccc(C)cc1)C(=O)Nc1cc(C)on1. The molecule has 2 rings (SSSR count). The molecule has 7 heteroatoms. The molecule has 1 aromatic carbocycles. The topological polar surface area (TPSA) is 96.3 Å². The molecule has 0 bridgehead atoms. The molecule has 1 heterocycles. The Labute approximate surface area is 134 Å². The van der Waals surface area contributed by atoms with Crippen molar-refractivity contribution in [2.24, 2.45) is 0 Å². The van der Waals surface area contributed by atoms with Crippen LogP contribution in [0.3, 0.4) is 0 Å². The number of amides is 2. The van der Waals surface area contributed by atoms with Gasteiger partial charge in [0.25, 0.3) is 5.91 Å². The first-order chi connectivity index (χ1) is 11.0. The van der Waals surface area contributed by atoms with Crippen molar-refractivity contribution in [3.63, 3.8) is 0 Å². The van der Waals surface area contributed by atoms with Crippen LogP contribution in [-0.4, -0.2) is 23.0 Å². The smallest absolute Gasteiger partial charge is 0.265 e. The number of rotatable bonds is 6. The molecule has 122 valence electrons. The number of aryl methyl sites for hydroxylation is 2. The number of carbonyl (C=O) groups is 2. The standard InChI is InChI=1S/C16H20N4O3/c1-4-13(16(22)17-14-9-11(3)23-20-14)18-19-15(21)12-7-5-10(2)6-8-12/h5-9,13,18H,4H2,1-3H3,(H,19,21)(H,17,20,22)/t13-/m1/s1. The summed E-state index contributed by atoms with van der Waals surface area (Å²) in [6, 6.07) is 8.20. The summed E-state index contributed by atoms with van der Waals surface area (Å²) in [4.78, 5) is 24.2. The maximum atomic E-state index is 12.1. The van der Waals surface area contributed by atoms with Gasteiger partial charge in [0.2, 0.25) is 5.91 Å². The highest BCUT2D eigenvalue weighted by molar-refractivity contribution is 5.96. The van der Waals surface area contributed by atoms with Gasteiger partial charge in [-0.1, -0.05) is 29.8 Å². The van der Waals surface area contributed by atoms with E-state index in [2.05, 4.69) is 21.3 Å². The Hall–Kier alpha value is -2.67. The molecule has 0 radical (unpaired) electrons. The maximum Gasteiger partial charge on any atom is 0.265 e. The van der Waals surface area contributed by atoms with Gasteiger partial charge < -0.3 is 9.84 Å². The Kier molecular flexibility index (Phi) is 5.48. The van der Waals surface area contributed by atoms with Gasteiger partial charge in [0.1, 0.15) is 11.8 Å². The normalized spacial score (nSPS) is 11.8. The Morgan fingerprint density at radius 3 is 2.48 bits per heavy atom. The largest absolute Gasteiger partial charge is 0.360 e. The molecule has 0 aliphatic carbocycles. The number of anilines is 1. The molecule has 0 fully saturated rings. The van der Waals surface area contributed by atoms with E-state index in [4.69, 9.17) is 4.52 Å². The van der Waals surface area contributed by atoms with Crippen LogP contribution in [0.25, 0.3) is 0 Å². The van der Waals surface area contributed by atoms with Gasteiger partial charge in [0, 0.05) is 11.6 Å². The van der Waals surface area contributed by atoms with Gasteiger partial charge in [-0.3, -0.25) is 15.0 Å². The van der Waals surface area contributed by atoms with E-state index in [1.54, 1.807) is 25.1 Å². The lowest BCUT2D eigenvalue weighted by Crippen LogP contribution is -2.49. The minimum Gasteiger partial charge on any atom is -0.360 e. The van der Waals surface area contributed by atoms with Crippen LogP contribution in [0.15, 0.2) is 34.9 Å². The van der Waals surface area contributed by atoms with Crippen LogP contribution in [0.4, 0.5) is 5.82 Å². The summed E-state index contributed by atoms with van der Waals surface area (Å²) >= 11 is 0. The van der Waals surface area contributed by atoms with Crippen molar-refractivity contribution in [3.8, 4) is 0 Å². The highest BCUT2D eigenvalue weighted by Crippen LogP contribution is 2.08. The lowest BCUT2D eigenvalue weighted by molar-refractivity contribution is -0.118. The van der Waals surface area contributed by atoms with Crippen molar-refractivity contribution in [3.05, 3.63) is 47.2 Å². The molecule has 2 aromatic rings. The van der Waals surface area contributed by atoms with Crippen LogP contribution in [0.1, 0.15) is 35.0 Å². The van der Waals surface area contributed by atoms with Gasteiger partial charge in [-0.05, 0) is 32.4 Å². The predicted molar refractivity (Wildman–Crippen MR) is 85.7 cm³/mol. The fraction of sp³-hybridized carbons (Fsp3) is 0.312. The first-order valence-corrected chi connectivity index (χ1v) is 7.36. The minimum absolute atomic E-state index is 0.298. The summed E-state index contributed by atoms with van der Waals surface area (Å²) in [6.07, 6.45) is 0.497. The van der Waals surface area contributed by atoms with Crippen LogP contribution in [0, 0.1) is 13.8 Å². The number of aromatic nitrogens is 1. The van der Waals surface area contributed by atoms with Crippen molar-refractivity contribution in [2.75, 3.05) is 5.32 Å². The predicted octanol–water partition coefficient (Wildman–Crippen LogP) is 1.94. The molecule has 3 N–H and O–H groups in total. The third kappa shape index (κ3) is 4.65. The quantitative estimate of drug-likeness (QED) is 0.708. The first-order valence-electron chi connectivity index (χ1n) is 7.36. The fourth-order valence-corrected chi connectivity index (χ4v) is 1.92. The number of hydrazine groups is 1. The number of hydrogen-bond donors (Lipinski definition) is 3. The zero-order valence-corrected chi connectivity index (χ0v) is 13.3. The van der Waals surface area contributed by atoms with Crippen LogP contribution < -0.4 is 16.2 Å². The van der Waals surface area contributed by atoms with Crippen LogP contribution in [0.5, 0.6) is 0 Å². The molecule has 1 aromatic heterocycles. The molecular weight excluding hydrogens is 296 g/mol. The van der Waals surface area contributed by atoms with Crippen LogP contribution in [-0.2, 0) is 4.79 Å². The Morgan fingerprint density at radius 1 is 1.22 bits per heavy atom. The van der Waals surface area contributed by atoms with Crippen molar-refractivity contribution >= 4 is 17.6 Å². The number of hydrogen-bond acceptors (Lipinski definition) is 5. The highest BCUT2D eigenvalue weighted by atomic mass is 16.5. The zero-order valence-electron chi connectivity index (χ0n) is 13.3. The van der Waals surface area contributed by atoms with E-state index in [-0.39, 0.29) is 11.8 Å². The molecule has 2 amide bonds. The van der Waals surface area contributed by atoms with Crippen molar-refractivity contribution in [2.45, 2.75) is 33.2 Å². The summed E-state index contributed by atoms with van der Waals surface area (Å²) in [5, 5.41) is 6.33. The van der Waals surface area contributed by atoms with Crippen LogP contribution >= 0.6 is 0 Å². The highest BCUT2D eigenvalue weighted by Gasteiger charge is 2.18. The van der Waals surface area contributed by atoms with Gasteiger partial charge in [-0.25, -0.2) is 5.43 Å². The third-order valence-electron chi connectivity index (χ3n) is 3.28. The van der Waals surface area contributed by atoms with Crippen molar-refractivity contribution in [1.29, 1.82) is 0 Å². The van der Waals surface area contributed by atoms with Gasteiger partial charge in [0.15, 0.2) is 5.82 Å². The number of carbonyl (C=O) groups excluding carboxylic acids is 2. The van der Waals surface area contributed by atoms with Gasteiger partial charge in [0.05, 0.1) is 0 Å². The van der Waals surface area contributed by atoms with E-state index in [1.807, 2.05) is 26.0 Å². The number of nitrogens with zero attached hydrogens (tertiary/aromatic N) is 1. The van der Waals surface area contributed by atoms with E-state index in [0.29, 0.717) is 23.6 Å². The zero-order chi connectivity index (χ0) is 16.8. The molecule has 0 aliphatic heterocycles. The maximum absolute atomic E-state index is 12.1. The Bertz CT molecular complexity index is 679. The first kappa shape index (κ1) is 16.7. The second-order valence-corrected chi connectivity index (χ2v) is 5.24. The lowest BCUT2D eigenvalue weighted by Gasteiger charge is -2.16. The molecular formula is C16H20N4O3. The fourth-order valence-electron chi connectivity index (χ4n) is 1.92. The van der Waals surface area contributed by atoms with E-state index < -0.39 is 6.04 Å². The van der Waals surface area contributed by atoms with Crippen molar-refractivity contribution in [1.82, 2.24) is 16.0 Å². The second-order valence-electron chi connectivity index (χ2n) is 5.24. The van der Waals surface area contributed by atoms with Crippen LogP contribution in [0.2, 0.25) is 0 Å². The van der Waals surface area contributed by atoms with Crippen molar-refractivity contribution < 1.29 is 14.1 Å². The minimum atomic E-state index is -0.582. The average molecular weight is 316 g/mol. The lowest BCUT2D eigenvalue weighted by atomic mass is 10.1. The van der Waals surface area contributed by atoms with E-state index in [0.717, 1.165) is 5.56 Å². The molecule has 0 saturated heterocycles. The second kappa shape index (κ2) is 7.55. The van der Waals surface area contributed by atoms with Gasteiger partial charge in [-0.2, -0.15) is 0 Å². The molecule has 1 atom stereocenters. The summed E-state index contributed by atoms with van der Waals surface area (Å²) in [7, 11) is 0. The van der Waals surface area contributed by atoms with E-state index in [1.165, 1.54) is 0 Å². The third-order valence-corrected chi connectivity index (χ3v) is 3.28. The number of nitrogens with one attached hydrogen (secondary N) is 3. The van der Waals surface area contributed by atoms with Gasteiger partial charge in [-0.15, -0.1) is 0 Å². The molecule has 0 unspecified atom stereocenters. The number of benzene rings is 1. The van der Waals surface area contributed by atoms with Gasteiger partial charge >= 0.3 is 0 Å². The summed E-state index contributed by atoms with van der Waals surface area (Å²) < 4.78 is 4.89. The average Bonchev–Trinajstić information content (AvgIpc) is 2.93. The Balaban J connectivity index is 1.89. The van der Waals surface area contributed by atoms with E-state index in [9.17, 15) is 9.59 Å². The molecule has 0 saturated carbocycles. The Morgan fingerprint density at radius 2 is 1.91 bits per heavy atom. The molecule has 0 aliphatic rings. The molecule has 23 heavy (non-hydrogen) atoms. The molecule has 0 spiro atoms. The summed E-state index contributed by atoms with van der Waals surface area (Å²) in [5.74, 6) is 0.352. The summed E-state index contributed by atoms with van der Waals surface area (Å²) in [6.45, 7) is 5.52.